The predicted molar refractivity (Wildman–Crippen MR) is 75.4 cm³/mol. The third kappa shape index (κ3) is 3.50. The largest absolute Gasteiger partial charge is 0.494 e. The standard InChI is InChI=1S/C15H19N3O/c1-2-5-14(6-3-1)19-12-4-10-18-11-9-16-15(18)17-13-7-8-13/h1-3,5-6,9,11,13H,4,7-8,10,12H2,(H,16,17). The Bertz CT molecular complexity index is 505. The molecular formula is C15H19N3O. The molecule has 4 heteroatoms. The van der Waals surface area contributed by atoms with Crippen molar-refractivity contribution in [2.75, 3.05) is 11.9 Å². The Morgan fingerprint density at radius 3 is 2.89 bits per heavy atom. The van der Waals surface area contributed by atoms with E-state index >= 15 is 0 Å². The molecule has 1 heterocycles. The van der Waals surface area contributed by atoms with Crippen molar-refractivity contribution >= 4 is 5.95 Å². The number of hydrogen-bond acceptors (Lipinski definition) is 3. The molecule has 19 heavy (non-hydrogen) atoms. The number of nitrogens with zero attached hydrogens (tertiary/aromatic N) is 2. The van der Waals surface area contributed by atoms with Crippen molar-refractivity contribution in [3.05, 3.63) is 42.7 Å². The lowest BCUT2D eigenvalue weighted by Crippen LogP contribution is -2.10. The van der Waals surface area contributed by atoms with Crippen molar-refractivity contribution in [3.63, 3.8) is 0 Å². The lowest BCUT2D eigenvalue weighted by atomic mass is 10.3. The summed E-state index contributed by atoms with van der Waals surface area (Å²) < 4.78 is 7.84. The van der Waals surface area contributed by atoms with Gasteiger partial charge in [-0.2, -0.15) is 0 Å². The molecule has 0 bridgehead atoms. The second-order valence-corrected chi connectivity index (χ2v) is 4.88. The predicted octanol–water partition coefficient (Wildman–Crippen LogP) is 2.93. The molecule has 2 aromatic rings. The number of imidazole rings is 1. The zero-order chi connectivity index (χ0) is 12.9. The van der Waals surface area contributed by atoms with Crippen LogP contribution in [-0.4, -0.2) is 22.2 Å². The van der Waals surface area contributed by atoms with Crippen LogP contribution in [-0.2, 0) is 6.54 Å². The minimum atomic E-state index is 0.640. The maximum Gasteiger partial charge on any atom is 0.202 e. The number of nitrogens with one attached hydrogen (secondary N) is 1. The summed E-state index contributed by atoms with van der Waals surface area (Å²) in [7, 11) is 0. The second-order valence-electron chi connectivity index (χ2n) is 4.88. The quantitative estimate of drug-likeness (QED) is 0.775. The van der Waals surface area contributed by atoms with Crippen molar-refractivity contribution in [1.29, 1.82) is 0 Å². The van der Waals surface area contributed by atoms with E-state index in [-0.39, 0.29) is 0 Å². The zero-order valence-electron chi connectivity index (χ0n) is 11.0. The first-order valence-corrected chi connectivity index (χ1v) is 6.87. The molecule has 3 rings (SSSR count). The molecule has 1 fully saturated rings. The third-order valence-corrected chi connectivity index (χ3v) is 3.18. The number of anilines is 1. The SMILES string of the molecule is c1ccc(OCCCn2ccnc2NC2CC2)cc1. The van der Waals surface area contributed by atoms with Crippen LogP contribution in [0.5, 0.6) is 5.75 Å². The maximum atomic E-state index is 5.68. The summed E-state index contributed by atoms with van der Waals surface area (Å²) in [5.41, 5.74) is 0. The first-order valence-electron chi connectivity index (χ1n) is 6.87. The average molecular weight is 257 g/mol. The lowest BCUT2D eigenvalue weighted by molar-refractivity contribution is 0.302. The molecule has 4 nitrogen and oxygen atoms in total. The summed E-state index contributed by atoms with van der Waals surface area (Å²) >= 11 is 0. The molecular weight excluding hydrogens is 238 g/mol. The Labute approximate surface area is 113 Å². The van der Waals surface area contributed by atoms with Crippen LogP contribution < -0.4 is 10.1 Å². The molecule has 0 radical (unpaired) electrons. The number of para-hydroxylation sites is 1. The highest BCUT2D eigenvalue weighted by molar-refractivity contribution is 5.29. The van der Waals surface area contributed by atoms with Gasteiger partial charge in [0.05, 0.1) is 6.61 Å². The van der Waals surface area contributed by atoms with Gasteiger partial charge in [-0.1, -0.05) is 18.2 Å². The van der Waals surface area contributed by atoms with Crippen LogP contribution in [0.25, 0.3) is 0 Å². The van der Waals surface area contributed by atoms with Gasteiger partial charge in [-0.15, -0.1) is 0 Å². The van der Waals surface area contributed by atoms with Crippen molar-refractivity contribution in [3.8, 4) is 5.75 Å². The summed E-state index contributed by atoms with van der Waals surface area (Å²) in [5.74, 6) is 1.92. The van der Waals surface area contributed by atoms with Crippen molar-refractivity contribution in [2.45, 2.75) is 31.8 Å². The highest BCUT2D eigenvalue weighted by Gasteiger charge is 2.22. The fourth-order valence-corrected chi connectivity index (χ4v) is 1.98. The highest BCUT2D eigenvalue weighted by Crippen LogP contribution is 2.23. The van der Waals surface area contributed by atoms with E-state index in [9.17, 15) is 0 Å². The Morgan fingerprint density at radius 1 is 1.26 bits per heavy atom. The molecule has 1 aromatic heterocycles. The summed E-state index contributed by atoms with van der Waals surface area (Å²) in [6, 6.07) is 10.6. The molecule has 1 aliphatic carbocycles. The third-order valence-electron chi connectivity index (χ3n) is 3.18. The van der Waals surface area contributed by atoms with Gasteiger partial charge < -0.3 is 14.6 Å². The smallest absolute Gasteiger partial charge is 0.202 e. The molecule has 1 saturated carbocycles. The first-order chi connectivity index (χ1) is 9.42. The number of ether oxygens (including phenoxy) is 1. The van der Waals surface area contributed by atoms with Crippen molar-refractivity contribution < 1.29 is 4.74 Å². The molecule has 1 aromatic carbocycles. The molecule has 0 spiro atoms. The van der Waals surface area contributed by atoms with Gasteiger partial charge in [-0.05, 0) is 31.4 Å². The van der Waals surface area contributed by atoms with E-state index in [0.29, 0.717) is 6.04 Å². The van der Waals surface area contributed by atoms with Crippen LogP contribution >= 0.6 is 0 Å². The van der Waals surface area contributed by atoms with Crippen LogP contribution in [0.4, 0.5) is 5.95 Å². The molecule has 1 N–H and O–H groups in total. The average Bonchev–Trinajstić information content (AvgIpc) is 3.15. The summed E-state index contributed by atoms with van der Waals surface area (Å²) in [6.45, 7) is 1.66. The maximum absolute atomic E-state index is 5.68. The Balaban J connectivity index is 1.43. The van der Waals surface area contributed by atoms with Gasteiger partial charge in [-0.3, -0.25) is 0 Å². The normalized spacial score (nSPS) is 14.3. The van der Waals surface area contributed by atoms with Gasteiger partial charge in [0.2, 0.25) is 5.95 Å². The summed E-state index contributed by atoms with van der Waals surface area (Å²) in [4.78, 5) is 4.34. The molecule has 0 amide bonds. The highest BCUT2D eigenvalue weighted by atomic mass is 16.5. The Kier molecular flexibility index (Phi) is 3.68. The van der Waals surface area contributed by atoms with E-state index < -0.39 is 0 Å². The second kappa shape index (κ2) is 5.78. The number of benzene rings is 1. The summed E-state index contributed by atoms with van der Waals surface area (Å²) in [5, 5.41) is 3.43. The van der Waals surface area contributed by atoms with Gasteiger partial charge >= 0.3 is 0 Å². The van der Waals surface area contributed by atoms with Crippen LogP contribution in [0.1, 0.15) is 19.3 Å². The van der Waals surface area contributed by atoms with E-state index in [2.05, 4.69) is 14.9 Å². The molecule has 0 saturated heterocycles. The van der Waals surface area contributed by atoms with Gasteiger partial charge in [0.1, 0.15) is 5.75 Å². The number of hydrogen-bond donors (Lipinski definition) is 1. The van der Waals surface area contributed by atoms with Crippen molar-refractivity contribution in [2.24, 2.45) is 0 Å². The number of aryl methyl sites for hydroxylation is 1. The fourth-order valence-electron chi connectivity index (χ4n) is 1.98. The van der Waals surface area contributed by atoms with Crippen LogP contribution in [0.2, 0.25) is 0 Å². The van der Waals surface area contributed by atoms with E-state index in [1.54, 1.807) is 0 Å². The number of rotatable bonds is 7. The molecule has 1 aliphatic rings. The molecule has 0 unspecified atom stereocenters. The fraction of sp³-hybridized carbons (Fsp3) is 0.400. The molecule has 100 valence electrons. The van der Waals surface area contributed by atoms with Crippen molar-refractivity contribution in [1.82, 2.24) is 9.55 Å². The minimum absolute atomic E-state index is 0.640. The molecule has 0 atom stereocenters. The van der Waals surface area contributed by atoms with E-state index in [1.165, 1.54) is 12.8 Å². The Morgan fingerprint density at radius 2 is 2.11 bits per heavy atom. The zero-order valence-corrected chi connectivity index (χ0v) is 11.0. The van der Waals surface area contributed by atoms with E-state index in [0.717, 1.165) is 31.3 Å². The number of aromatic nitrogens is 2. The summed E-state index contributed by atoms with van der Waals surface area (Å²) in [6.07, 6.45) is 7.38. The first kappa shape index (κ1) is 12.1. The van der Waals surface area contributed by atoms with Gasteiger partial charge in [0.15, 0.2) is 0 Å². The van der Waals surface area contributed by atoms with Gasteiger partial charge in [-0.25, -0.2) is 4.98 Å². The van der Waals surface area contributed by atoms with Crippen LogP contribution in [0.3, 0.4) is 0 Å². The van der Waals surface area contributed by atoms with Crippen LogP contribution in [0, 0.1) is 0 Å². The minimum Gasteiger partial charge on any atom is -0.494 e. The topological polar surface area (TPSA) is 39.1 Å². The van der Waals surface area contributed by atoms with E-state index in [1.807, 2.05) is 42.7 Å². The Hall–Kier alpha value is -1.97. The molecule has 0 aliphatic heterocycles. The van der Waals surface area contributed by atoms with Gasteiger partial charge in [0, 0.05) is 25.0 Å². The monoisotopic (exact) mass is 257 g/mol. The van der Waals surface area contributed by atoms with Crippen LogP contribution in [0.15, 0.2) is 42.7 Å². The van der Waals surface area contributed by atoms with E-state index in [4.69, 9.17) is 4.74 Å². The van der Waals surface area contributed by atoms with Gasteiger partial charge in [0.25, 0.3) is 0 Å². The lowest BCUT2D eigenvalue weighted by Gasteiger charge is -2.10.